The smallest absolute Gasteiger partial charge is 0.134 e. The third-order valence-electron chi connectivity index (χ3n) is 5.05. The third kappa shape index (κ3) is 3.05. The van der Waals surface area contributed by atoms with Crippen molar-refractivity contribution in [1.82, 2.24) is 14.9 Å². The van der Waals surface area contributed by atoms with Crippen molar-refractivity contribution < 1.29 is 0 Å². The highest BCUT2D eigenvalue weighted by atomic mass is 15.2. The lowest BCUT2D eigenvalue weighted by Gasteiger charge is -2.23. The van der Waals surface area contributed by atoms with Crippen LogP contribution in [0.15, 0.2) is 6.07 Å². The quantitative estimate of drug-likeness (QED) is 0.852. The van der Waals surface area contributed by atoms with E-state index >= 15 is 0 Å². The summed E-state index contributed by atoms with van der Waals surface area (Å²) in [5.41, 5.74) is 1.32. The maximum Gasteiger partial charge on any atom is 0.134 e. The molecule has 4 nitrogen and oxygen atoms in total. The van der Waals surface area contributed by atoms with Gasteiger partial charge in [-0.2, -0.15) is 0 Å². The number of nitrogens with zero attached hydrogens (tertiary/aromatic N) is 4. The zero-order chi connectivity index (χ0) is 14.2. The van der Waals surface area contributed by atoms with Gasteiger partial charge in [0.15, 0.2) is 0 Å². The lowest BCUT2D eigenvalue weighted by Crippen LogP contribution is -2.31. The van der Waals surface area contributed by atoms with E-state index in [1.807, 2.05) is 0 Å². The van der Waals surface area contributed by atoms with Crippen LogP contribution in [0.1, 0.15) is 62.4 Å². The van der Waals surface area contributed by atoms with Crippen LogP contribution in [0.2, 0.25) is 0 Å². The van der Waals surface area contributed by atoms with Crippen LogP contribution in [0.5, 0.6) is 0 Å². The van der Waals surface area contributed by atoms with E-state index in [2.05, 4.69) is 22.8 Å². The van der Waals surface area contributed by atoms with Gasteiger partial charge < -0.3 is 9.80 Å². The number of hydrogen-bond donors (Lipinski definition) is 0. The Labute approximate surface area is 127 Å². The van der Waals surface area contributed by atoms with Crippen LogP contribution < -0.4 is 4.90 Å². The van der Waals surface area contributed by atoms with Crippen LogP contribution in [0.25, 0.3) is 0 Å². The summed E-state index contributed by atoms with van der Waals surface area (Å²) in [6, 6.07) is 2.28. The van der Waals surface area contributed by atoms with Crippen LogP contribution in [0.4, 0.5) is 5.82 Å². The summed E-state index contributed by atoms with van der Waals surface area (Å²) in [4.78, 5) is 14.8. The normalized spacial score (nSPS) is 24.1. The molecule has 1 saturated heterocycles. The van der Waals surface area contributed by atoms with Crippen molar-refractivity contribution in [3.63, 3.8) is 0 Å². The van der Waals surface area contributed by atoms with Gasteiger partial charge >= 0.3 is 0 Å². The van der Waals surface area contributed by atoms with Crippen molar-refractivity contribution in [2.24, 2.45) is 0 Å². The fourth-order valence-corrected chi connectivity index (χ4v) is 3.26. The molecule has 0 spiro atoms. The number of aromatic nitrogens is 2. The highest BCUT2D eigenvalue weighted by Crippen LogP contribution is 2.43. The summed E-state index contributed by atoms with van der Waals surface area (Å²) >= 11 is 0. The lowest BCUT2D eigenvalue weighted by atomic mass is 10.2. The first kappa shape index (κ1) is 13.5. The molecular formula is C17H26N4. The standard InChI is InChI=1S/C17H26N4/c1-2-20-8-3-9-21(11-10-20)16-12-15(13-4-5-13)18-17(19-16)14-6-7-14/h12-14H,2-11H2,1H3. The van der Waals surface area contributed by atoms with Gasteiger partial charge in [0.2, 0.25) is 0 Å². The molecule has 0 bridgehead atoms. The van der Waals surface area contributed by atoms with E-state index in [-0.39, 0.29) is 0 Å². The SMILES string of the molecule is CCN1CCCN(c2cc(C3CC3)nc(C3CC3)n2)CC1. The first-order valence-corrected chi connectivity index (χ1v) is 8.69. The van der Waals surface area contributed by atoms with E-state index in [9.17, 15) is 0 Å². The van der Waals surface area contributed by atoms with E-state index in [1.54, 1.807) is 0 Å². The Morgan fingerprint density at radius 2 is 1.81 bits per heavy atom. The van der Waals surface area contributed by atoms with Crippen molar-refractivity contribution in [2.45, 2.75) is 50.9 Å². The first-order chi connectivity index (χ1) is 10.3. The summed E-state index contributed by atoms with van der Waals surface area (Å²) in [5, 5.41) is 0. The molecular weight excluding hydrogens is 260 g/mol. The third-order valence-corrected chi connectivity index (χ3v) is 5.05. The highest BCUT2D eigenvalue weighted by Gasteiger charge is 2.31. The van der Waals surface area contributed by atoms with Gasteiger partial charge in [-0.05, 0) is 45.2 Å². The number of rotatable bonds is 4. The molecule has 2 heterocycles. The van der Waals surface area contributed by atoms with Crippen molar-refractivity contribution in [1.29, 1.82) is 0 Å². The monoisotopic (exact) mass is 286 g/mol. The van der Waals surface area contributed by atoms with Gasteiger partial charge in [0.1, 0.15) is 11.6 Å². The summed E-state index contributed by atoms with van der Waals surface area (Å²) in [6.45, 7) is 8.07. The zero-order valence-electron chi connectivity index (χ0n) is 13.1. The molecule has 21 heavy (non-hydrogen) atoms. The maximum atomic E-state index is 4.92. The van der Waals surface area contributed by atoms with Gasteiger partial charge in [-0.1, -0.05) is 6.92 Å². The van der Waals surface area contributed by atoms with E-state index < -0.39 is 0 Å². The van der Waals surface area contributed by atoms with Crippen LogP contribution >= 0.6 is 0 Å². The topological polar surface area (TPSA) is 32.3 Å². The summed E-state index contributed by atoms with van der Waals surface area (Å²) < 4.78 is 0. The van der Waals surface area contributed by atoms with Gasteiger partial charge in [0.05, 0.1) is 0 Å². The Balaban J connectivity index is 1.57. The minimum Gasteiger partial charge on any atom is -0.355 e. The van der Waals surface area contributed by atoms with Crippen LogP contribution in [0, 0.1) is 0 Å². The molecule has 0 aromatic carbocycles. The Hall–Kier alpha value is -1.16. The molecule has 1 aromatic heterocycles. The zero-order valence-corrected chi connectivity index (χ0v) is 13.1. The molecule has 2 saturated carbocycles. The van der Waals surface area contributed by atoms with Crippen LogP contribution in [-0.2, 0) is 0 Å². The summed E-state index contributed by atoms with van der Waals surface area (Å²) in [7, 11) is 0. The maximum absolute atomic E-state index is 4.92. The van der Waals surface area contributed by atoms with Crippen LogP contribution in [-0.4, -0.2) is 47.6 Å². The summed E-state index contributed by atoms with van der Waals surface area (Å²) in [6.07, 6.45) is 6.47. The van der Waals surface area contributed by atoms with Gasteiger partial charge in [0.25, 0.3) is 0 Å². The van der Waals surface area contributed by atoms with Crippen molar-refractivity contribution in [3.05, 3.63) is 17.6 Å². The minimum atomic E-state index is 0.654. The Bertz CT molecular complexity index is 477. The molecule has 0 atom stereocenters. The molecule has 0 amide bonds. The second kappa shape index (κ2) is 5.56. The largest absolute Gasteiger partial charge is 0.355 e. The van der Waals surface area contributed by atoms with E-state index in [0.717, 1.165) is 37.9 Å². The average Bonchev–Trinajstić information content (AvgIpc) is 3.41. The van der Waals surface area contributed by atoms with Crippen molar-refractivity contribution >= 4 is 5.82 Å². The summed E-state index contributed by atoms with van der Waals surface area (Å²) in [5.74, 6) is 3.71. The van der Waals surface area contributed by atoms with Gasteiger partial charge in [0, 0.05) is 43.2 Å². The molecule has 0 radical (unpaired) electrons. The fraction of sp³-hybridized carbons (Fsp3) is 0.765. The molecule has 3 aliphatic rings. The predicted molar refractivity (Wildman–Crippen MR) is 84.9 cm³/mol. The predicted octanol–water partition coefficient (Wildman–Crippen LogP) is 2.76. The second-order valence-corrected chi connectivity index (χ2v) is 6.83. The van der Waals surface area contributed by atoms with E-state index in [4.69, 9.17) is 9.97 Å². The van der Waals surface area contributed by atoms with Gasteiger partial charge in [-0.15, -0.1) is 0 Å². The van der Waals surface area contributed by atoms with Crippen LogP contribution in [0.3, 0.4) is 0 Å². The second-order valence-electron chi connectivity index (χ2n) is 6.83. The van der Waals surface area contributed by atoms with Gasteiger partial charge in [-0.3, -0.25) is 0 Å². The molecule has 114 valence electrons. The average molecular weight is 286 g/mol. The molecule has 1 aromatic rings. The number of hydrogen-bond acceptors (Lipinski definition) is 4. The Morgan fingerprint density at radius 1 is 1.00 bits per heavy atom. The Morgan fingerprint density at radius 3 is 2.52 bits per heavy atom. The molecule has 1 aliphatic heterocycles. The first-order valence-electron chi connectivity index (χ1n) is 8.69. The van der Waals surface area contributed by atoms with E-state index in [1.165, 1.54) is 50.2 Å². The molecule has 0 N–H and O–H groups in total. The molecule has 2 aliphatic carbocycles. The Kier molecular flexibility index (Phi) is 3.57. The number of anilines is 1. The van der Waals surface area contributed by atoms with Crippen molar-refractivity contribution in [2.75, 3.05) is 37.6 Å². The molecule has 3 fully saturated rings. The van der Waals surface area contributed by atoms with E-state index in [0.29, 0.717) is 5.92 Å². The molecule has 0 unspecified atom stereocenters. The van der Waals surface area contributed by atoms with Crippen molar-refractivity contribution in [3.8, 4) is 0 Å². The minimum absolute atomic E-state index is 0.654. The lowest BCUT2D eigenvalue weighted by molar-refractivity contribution is 0.310. The number of likely N-dealkylation sites (N-methyl/N-ethyl adjacent to an activating group) is 1. The molecule has 4 heteroatoms. The van der Waals surface area contributed by atoms with Gasteiger partial charge in [-0.25, -0.2) is 9.97 Å². The fourth-order valence-electron chi connectivity index (χ4n) is 3.26. The molecule has 4 rings (SSSR count). The highest BCUT2D eigenvalue weighted by molar-refractivity contribution is 5.42.